The summed E-state index contributed by atoms with van der Waals surface area (Å²) in [6, 6.07) is 1.90. The summed E-state index contributed by atoms with van der Waals surface area (Å²) in [6.45, 7) is 5.46. The highest BCUT2D eigenvalue weighted by molar-refractivity contribution is 5.92. The van der Waals surface area contributed by atoms with Crippen molar-refractivity contribution < 1.29 is 14.3 Å². The first-order chi connectivity index (χ1) is 9.38. The van der Waals surface area contributed by atoms with Crippen molar-refractivity contribution in [3.8, 4) is 0 Å². The van der Waals surface area contributed by atoms with Gasteiger partial charge >= 0.3 is 5.97 Å². The van der Waals surface area contributed by atoms with Gasteiger partial charge in [-0.15, -0.1) is 0 Å². The number of nitrogens with zero attached hydrogens (tertiary/aromatic N) is 1. The van der Waals surface area contributed by atoms with E-state index in [-0.39, 0.29) is 18.0 Å². The Hall–Kier alpha value is -1.98. The van der Waals surface area contributed by atoms with Crippen LogP contribution in [-0.4, -0.2) is 28.6 Å². The van der Waals surface area contributed by atoms with Crippen LogP contribution in [0.15, 0.2) is 12.3 Å². The van der Waals surface area contributed by atoms with E-state index in [9.17, 15) is 9.59 Å². The number of carbonyl (C=O) groups is 2. The molecule has 1 saturated carbocycles. The zero-order valence-corrected chi connectivity index (χ0v) is 12.1. The van der Waals surface area contributed by atoms with E-state index >= 15 is 0 Å². The van der Waals surface area contributed by atoms with Crippen LogP contribution in [-0.2, 0) is 9.53 Å². The minimum atomic E-state index is -0.806. The summed E-state index contributed by atoms with van der Waals surface area (Å²) in [4.78, 5) is 23.9. The van der Waals surface area contributed by atoms with Crippen molar-refractivity contribution in [2.24, 2.45) is 0 Å². The zero-order valence-electron chi connectivity index (χ0n) is 12.1. The van der Waals surface area contributed by atoms with Gasteiger partial charge in [-0.05, 0) is 39.7 Å². The first kappa shape index (κ1) is 14.4. The number of anilines is 1. The normalized spacial score (nSPS) is 16.0. The first-order valence-electron chi connectivity index (χ1n) is 6.87. The third-order valence-corrected chi connectivity index (χ3v) is 3.21. The molecule has 0 aliphatic heterocycles. The van der Waals surface area contributed by atoms with E-state index in [1.807, 2.05) is 13.8 Å². The largest absolute Gasteiger partial charge is 0.448 e. The second kappa shape index (κ2) is 5.56. The highest BCUT2D eigenvalue weighted by Gasteiger charge is 2.28. The van der Waals surface area contributed by atoms with Crippen LogP contribution < -0.4 is 11.1 Å². The summed E-state index contributed by atoms with van der Waals surface area (Å²) in [6.07, 6.45) is 2.88. The molecule has 6 heteroatoms. The number of aromatic nitrogens is 1. The number of nitrogens with two attached hydrogens (primary N) is 1. The molecule has 1 unspecified atom stereocenters. The molecule has 3 N–H and O–H groups in total. The molecule has 1 aliphatic carbocycles. The monoisotopic (exact) mass is 279 g/mol. The standard InChI is InChI=1S/C14H21N3O3/c1-8(2)17-7-10(15)6-12(17)14(19)20-9(3)13(18)16-11-4-5-11/h6-9,11H,4-5,15H2,1-3H3,(H,16,18). The second-order valence-electron chi connectivity index (χ2n) is 5.49. The second-order valence-corrected chi connectivity index (χ2v) is 5.49. The Balaban J connectivity index is 2.01. The van der Waals surface area contributed by atoms with E-state index in [1.54, 1.807) is 23.8 Å². The Kier molecular flexibility index (Phi) is 4.01. The Morgan fingerprint density at radius 2 is 2.05 bits per heavy atom. The summed E-state index contributed by atoms with van der Waals surface area (Å²) in [7, 11) is 0. The summed E-state index contributed by atoms with van der Waals surface area (Å²) in [5, 5.41) is 2.81. The van der Waals surface area contributed by atoms with Crippen molar-refractivity contribution in [2.75, 3.05) is 5.73 Å². The van der Waals surface area contributed by atoms with Gasteiger partial charge in [-0.3, -0.25) is 4.79 Å². The number of ether oxygens (including phenoxy) is 1. The fraction of sp³-hybridized carbons (Fsp3) is 0.571. The third kappa shape index (κ3) is 3.31. The molecule has 6 nitrogen and oxygen atoms in total. The lowest BCUT2D eigenvalue weighted by molar-refractivity contribution is -0.129. The van der Waals surface area contributed by atoms with Gasteiger partial charge in [0.25, 0.3) is 5.91 Å². The van der Waals surface area contributed by atoms with Gasteiger partial charge in [0, 0.05) is 18.3 Å². The van der Waals surface area contributed by atoms with E-state index in [0.717, 1.165) is 12.8 Å². The smallest absolute Gasteiger partial charge is 0.355 e. The van der Waals surface area contributed by atoms with Crippen LogP contribution in [0.1, 0.15) is 50.1 Å². The number of hydrogen-bond acceptors (Lipinski definition) is 4. The fourth-order valence-corrected chi connectivity index (χ4v) is 1.91. The molecule has 0 spiro atoms. The number of amides is 1. The van der Waals surface area contributed by atoms with Crippen molar-refractivity contribution in [1.82, 2.24) is 9.88 Å². The van der Waals surface area contributed by atoms with Crippen molar-refractivity contribution in [3.05, 3.63) is 18.0 Å². The molecule has 1 aromatic rings. The van der Waals surface area contributed by atoms with Gasteiger partial charge in [0.15, 0.2) is 6.10 Å². The molecule has 1 aromatic heterocycles. The van der Waals surface area contributed by atoms with E-state index in [4.69, 9.17) is 10.5 Å². The van der Waals surface area contributed by atoms with Crippen molar-refractivity contribution in [1.29, 1.82) is 0 Å². The van der Waals surface area contributed by atoms with Crippen molar-refractivity contribution >= 4 is 17.6 Å². The molecule has 0 saturated heterocycles. The minimum absolute atomic E-state index is 0.0884. The molecule has 0 bridgehead atoms. The number of hydrogen-bond donors (Lipinski definition) is 2. The van der Waals surface area contributed by atoms with Crippen LogP contribution in [0.3, 0.4) is 0 Å². The van der Waals surface area contributed by atoms with E-state index in [2.05, 4.69) is 5.32 Å². The molecule has 2 rings (SSSR count). The minimum Gasteiger partial charge on any atom is -0.448 e. The van der Waals surface area contributed by atoms with E-state index < -0.39 is 12.1 Å². The molecule has 20 heavy (non-hydrogen) atoms. The average Bonchev–Trinajstić information content (AvgIpc) is 3.08. The molecule has 0 radical (unpaired) electrons. The number of carbonyl (C=O) groups excluding carboxylic acids is 2. The van der Waals surface area contributed by atoms with Crippen LogP contribution in [0.25, 0.3) is 0 Å². The SMILES string of the molecule is CC(OC(=O)c1cc(N)cn1C(C)C)C(=O)NC1CC1. The van der Waals surface area contributed by atoms with E-state index in [1.165, 1.54) is 0 Å². The van der Waals surface area contributed by atoms with Crippen LogP contribution in [0.5, 0.6) is 0 Å². The summed E-state index contributed by atoms with van der Waals surface area (Å²) >= 11 is 0. The van der Waals surface area contributed by atoms with E-state index in [0.29, 0.717) is 11.4 Å². The predicted molar refractivity (Wildman–Crippen MR) is 75.3 cm³/mol. The lowest BCUT2D eigenvalue weighted by Gasteiger charge is -2.15. The molecule has 1 heterocycles. The van der Waals surface area contributed by atoms with Gasteiger partial charge in [-0.1, -0.05) is 0 Å². The number of esters is 1. The first-order valence-corrected chi connectivity index (χ1v) is 6.87. The molecular formula is C14H21N3O3. The third-order valence-electron chi connectivity index (χ3n) is 3.21. The molecule has 1 aliphatic rings. The molecule has 1 fully saturated rings. The molecule has 1 amide bonds. The highest BCUT2D eigenvalue weighted by atomic mass is 16.5. The maximum atomic E-state index is 12.1. The summed E-state index contributed by atoms with van der Waals surface area (Å²) < 4.78 is 6.94. The average molecular weight is 279 g/mol. The van der Waals surface area contributed by atoms with Crippen molar-refractivity contribution in [3.63, 3.8) is 0 Å². The lowest BCUT2D eigenvalue weighted by atomic mass is 10.3. The van der Waals surface area contributed by atoms with Gasteiger partial charge in [0.1, 0.15) is 5.69 Å². The summed E-state index contributed by atoms with van der Waals surface area (Å²) in [5.41, 5.74) is 6.58. The quantitative estimate of drug-likeness (QED) is 0.799. The van der Waals surface area contributed by atoms with Gasteiger partial charge in [-0.25, -0.2) is 4.79 Å². The Bertz CT molecular complexity index is 518. The van der Waals surface area contributed by atoms with Crippen LogP contribution in [0, 0.1) is 0 Å². The van der Waals surface area contributed by atoms with Gasteiger partial charge in [-0.2, -0.15) is 0 Å². The number of nitrogen functional groups attached to an aromatic ring is 1. The maximum Gasteiger partial charge on any atom is 0.355 e. The number of rotatable bonds is 5. The van der Waals surface area contributed by atoms with Crippen LogP contribution in [0.4, 0.5) is 5.69 Å². The Morgan fingerprint density at radius 3 is 2.60 bits per heavy atom. The fourth-order valence-electron chi connectivity index (χ4n) is 1.91. The highest BCUT2D eigenvalue weighted by Crippen LogP contribution is 2.20. The lowest BCUT2D eigenvalue weighted by Crippen LogP contribution is -2.37. The van der Waals surface area contributed by atoms with Gasteiger partial charge in [0.2, 0.25) is 0 Å². The van der Waals surface area contributed by atoms with Crippen LogP contribution >= 0.6 is 0 Å². The van der Waals surface area contributed by atoms with Crippen molar-refractivity contribution in [2.45, 2.75) is 51.8 Å². The van der Waals surface area contributed by atoms with Gasteiger partial charge < -0.3 is 20.4 Å². The Labute approximate surface area is 118 Å². The van der Waals surface area contributed by atoms with Crippen LogP contribution in [0.2, 0.25) is 0 Å². The predicted octanol–water partition coefficient (Wildman–Crippen LogP) is 1.48. The molecule has 0 aromatic carbocycles. The summed E-state index contributed by atoms with van der Waals surface area (Å²) in [5.74, 6) is -0.787. The molecule has 1 atom stereocenters. The maximum absolute atomic E-state index is 12.1. The number of nitrogens with one attached hydrogen (secondary N) is 1. The Morgan fingerprint density at radius 1 is 1.40 bits per heavy atom. The molecule has 110 valence electrons. The topological polar surface area (TPSA) is 86.3 Å². The van der Waals surface area contributed by atoms with Gasteiger partial charge in [0.05, 0.1) is 5.69 Å². The zero-order chi connectivity index (χ0) is 14.9. The molecular weight excluding hydrogens is 258 g/mol.